The largest absolute Gasteiger partial charge is 0.336 e. The number of nitrogens with zero attached hydrogens (tertiary/aromatic N) is 3. The number of pyridine rings is 3. The highest BCUT2D eigenvalue weighted by Gasteiger charge is 2.09. The van der Waals surface area contributed by atoms with Crippen LogP contribution in [-0.2, 0) is 6.54 Å². The van der Waals surface area contributed by atoms with Gasteiger partial charge in [0.15, 0.2) is 0 Å². The molecule has 0 fully saturated rings. The second-order valence-electron chi connectivity index (χ2n) is 5.55. The molecule has 6 heteroatoms. The van der Waals surface area contributed by atoms with E-state index in [1.165, 1.54) is 6.20 Å². The molecule has 0 spiro atoms. The molecule has 0 aromatic carbocycles. The number of nitrogen functional groups attached to an aromatic ring is 1. The molecule has 6 nitrogen and oxygen atoms in total. The van der Waals surface area contributed by atoms with Gasteiger partial charge < -0.3 is 10.4 Å². The van der Waals surface area contributed by atoms with Gasteiger partial charge in [-0.15, -0.1) is 0 Å². The number of hydrogen-bond acceptors (Lipinski definition) is 4. The molecule has 3 aromatic heterocycles. The Bertz CT molecular complexity index is 953. The van der Waals surface area contributed by atoms with E-state index < -0.39 is 0 Å². The number of fused-ring (bicyclic) bond motifs is 2. The Labute approximate surface area is 120 Å². The molecule has 108 valence electrons. The van der Waals surface area contributed by atoms with Crippen LogP contribution in [0.4, 0.5) is 0 Å². The molecular weight excluding hydrogens is 268 g/mol. The van der Waals surface area contributed by atoms with E-state index in [0.717, 1.165) is 4.68 Å². The molecule has 0 atom stereocenters. The van der Waals surface area contributed by atoms with Gasteiger partial charge in [0.1, 0.15) is 0 Å². The minimum Gasteiger partial charge on any atom is -0.336 e. The highest BCUT2D eigenvalue weighted by atomic mass is 16.1. The van der Waals surface area contributed by atoms with Crippen LogP contribution in [0, 0.1) is 5.92 Å². The molecule has 21 heavy (non-hydrogen) atoms. The van der Waals surface area contributed by atoms with Crippen molar-refractivity contribution in [3.63, 3.8) is 0 Å². The zero-order valence-electron chi connectivity index (χ0n) is 11.9. The summed E-state index contributed by atoms with van der Waals surface area (Å²) >= 11 is 0. The molecule has 3 aromatic rings. The SMILES string of the molecule is CC(C)Cn1ccc2nc3ccn(N)c(=O)c3cc2c1=O. The van der Waals surface area contributed by atoms with Gasteiger partial charge in [0, 0.05) is 18.9 Å². The lowest BCUT2D eigenvalue weighted by Gasteiger charge is -2.10. The van der Waals surface area contributed by atoms with Crippen LogP contribution < -0.4 is 17.0 Å². The van der Waals surface area contributed by atoms with Crippen molar-refractivity contribution in [3.05, 3.63) is 51.3 Å². The van der Waals surface area contributed by atoms with Crippen molar-refractivity contribution in [1.29, 1.82) is 0 Å². The van der Waals surface area contributed by atoms with E-state index in [9.17, 15) is 9.59 Å². The third-order valence-corrected chi connectivity index (χ3v) is 3.40. The van der Waals surface area contributed by atoms with Crippen LogP contribution in [0.5, 0.6) is 0 Å². The first-order valence-electron chi connectivity index (χ1n) is 6.78. The van der Waals surface area contributed by atoms with Crippen LogP contribution >= 0.6 is 0 Å². The van der Waals surface area contributed by atoms with Crippen molar-refractivity contribution < 1.29 is 0 Å². The minimum atomic E-state index is -0.361. The molecular formula is C15H16N4O2. The predicted octanol–water partition coefficient (Wildman–Crippen LogP) is 1.08. The first kappa shape index (κ1) is 13.4. The van der Waals surface area contributed by atoms with Gasteiger partial charge in [-0.05, 0) is 24.1 Å². The molecule has 3 rings (SSSR count). The second kappa shape index (κ2) is 4.73. The van der Waals surface area contributed by atoms with Gasteiger partial charge in [-0.25, -0.2) is 9.66 Å². The lowest BCUT2D eigenvalue weighted by Crippen LogP contribution is -2.27. The summed E-state index contributed by atoms with van der Waals surface area (Å²) < 4.78 is 2.63. The first-order chi connectivity index (χ1) is 9.97. The van der Waals surface area contributed by atoms with Gasteiger partial charge in [-0.1, -0.05) is 13.8 Å². The van der Waals surface area contributed by atoms with Crippen molar-refractivity contribution in [1.82, 2.24) is 14.2 Å². The molecule has 2 N–H and O–H groups in total. The summed E-state index contributed by atoms with van der Waals surface area (Å²) in [5.74, 6) is 5.91. The fourth-order valence-corrected chi connectivity index (χ4v) is 2.42. The average molecular weight is 284 g/mol. The molecule has 0 saturated heterocycles. The summed E-state index contributed by atoms with van der Waals surface area (Å²) in [6.07, 6.45) is 3.21. The Morgan fingerprint density at radius 1 is 1.10 bits per heavy atom. The topological polar surface area (TPSA) is 82.9 Å². The van der Waals surface area contributed by atoms with Crippen molar-refractivity contribution in [2.24, 2.45) is 5.92 Å². The Balaban J connectivity index is 2.37. The number of nitrogens with two attached hydrogens (primary N) is 1. The van der Waals surface area contributed by atoms with Crippen LogP contribution in [0.15, 0.2) is 40.2 Å². The summed E-state index contributed by atoms with van der Waals surface area (Å²) in [5, 5.41) is 0.792. The Hall–Kier alpha value is -2.63. The maximum atomic E-state index is 12.5. The smallest absolute Gasteiger partial charge is 0.278 e. The van der Waals surface area contributed by atoms with Crippen molar-refractivity contribution in [2.45, 2.75) is 20.4 Å². The van der Waals surface area contributed by atoms with Crippen LogP contribution in [0.1, 0.15) is 13.8 Å². The normalized spacial score (nSPS) is 11.6. The third kappa shape index (κ3) is 2.18. The lowest BCUT2D eigenvalue weighted by molar-refractivity contribution is 0.513. The first-order valence-corrected chi connectivity index (χ1v) is 6.78. The summed E-state index contributed by atoms with van der Waals surface area (Å²) in [5.41, 5.74) is 0.625. The Kier molecular flexibility index (Phi) is 3.01. The molecule has 0 amide bonds. The van der Waals surface area contributed by atoms with E-state index in [1.807, 2.05) is 13.8 Å². The van der Waals surface area contributed by atoms with Gasteiger partial charge in [0.2, 0.25) is 0 Å². The maximum Gasteiger partial charge on any atom is 0.278 e. The van der Waals surface area contributed by atoms with Crippen LogP contribution in [0.3, 0.4) is 0 Å². The molecule has 0 bridgehead atoms. The van der Waals surface area contributed by atoms with E-state index in [4.69, 9.17) is 5.84 Å². The monoisotopic (exact) mass is 284 g/mol. The standard InChI is InChI=1S/C15H16N4O2/c1-9(2)8-18-5-3-12-10(14(18)20)7-11-13(17-12)4-6-19(16)15(11)21/h3-7,9H,8,16H2,1-2H3. The molecule has 0 aliphatic rings. The average Bonchev–Trinajstić information content (AvgIpc) is 2.45. The van der Waals surface area contributed by atoms with Gasteiger partial charge in [0.25, 0.3) is 11.1 Å². The molecule has 0 radical (unpaired) electrons. The van der Waals surface area contributed by atoms with E-state index in [0.29, 0.717) is 34.3 Å². The zero-order valence-corrected chi connectivity index (χ0v) is 11.9. The lowest BCUT2D eigenvalue weighted by atomic mass is 10.1. The number of hydrogen-bond donors (Lipinski definition) is 1. The summed E-state index contributed by atoms with van der Waals surface area (Å²) in [6.45, 7) is 4.72. The minimum absolute atomic E-state index is 0.137. The summed E-state index contributed by atoms with van der Waals surface area (Å²) in [7, 11) is 0. The van der Waals surface area contributed by atoms with E-state index in [2.05, 4.69) is 4.98 Å². The van der Waals surface area contributed by atoms with Crippen LogP contribution in [0.25, 0.3) is 21.8 Å². The Morgan fingerprint density at radius 3 is 2.38 bits per heavy atom. The predicted molar refractivity (Wildman–Crippen MR) is 82.8 cm³/mol. The maximum absolute atomic E-state index is 12.5. The van der Waals surface area contributed by atoms with Gasteiger partial charge in [-0.3, -0.25) is 9.59 Å². The van der Waals surface area contributed by atoms with Crippen molar-refractivity contribution >= 4 is 21.8 Å². The molecule has 0 saturated carbocycles. The fourth-order valence-electron chi connectivity index (χ4n) is 2.42. The second-order valence-corrected chi connectivity index (χ2v) is 5.55. The van der Waals surface area contributed by atoms with Crippen molar-refractivity contribution in [2.75, 3.05) is 5.84 Å². The quantitative estimate of drug-likeness (QED) is 0.564. The number of rotatable bonds is 2. The third-order valence-electron chi connectivity index (χ3n) is 3.40. The van der Waals surface area contributed by atoms with E-state index >= 15 is 0 Å². The van der Waals surface area contributed by atoms with E-state index in [-0.39, 0.29) is 11.1 Å². The van der Waals surface area contributed by atoms with Crippen LogP contribution in [0.2, 0.25) is 0 Å². The highest BCUT2D eigenvalue weighted by Crippen LogP contribution is 2.14. The highest BCUT2D eigenvalue weighted by molar-refractivity contribution is 5.91. The van der Waals surface area contributed by atoms with E-state index in [1.54, 1.807) is 29.0 Å². The number of aromatic nitrogens is 3. The summed E-state index contributed by atoms with van der Waals surface area (Å²) in [4.78, 5) is 28.9. The summed E-state index contributed by atoms with van der Waals surface area (Å²) in [6, 6.07) is 5.05. The van der Waals surface area contributed by atoms with Gasteiger partial charge in [0.05, 0.1) is 21.8 Å². The molecule has 0 aliphatic heterocycles. The molecule has 0 aliphatic carbocycles. The Morgan fingerprint density at radius 2 is 1.71 bits per heavy atom. The van der Waals surface area contributed by atoms with Crippen molar-refractivity contribution in [3.8, 4) is 0 Å². The molecule has 3 heterocycles. The van der Waals surface area contributed by atoms with Gasteiger partial charge >= 0.3 is 0 Å². The van der Waals surface area contributed by atoms with Crippen LogP contribution in [-0.4, -0.2) is 14.2 Å². The van der Waals surface area contributed by atoms with Gasteiger partial charge in [-0.2, -0.15) is 0 Å². The zero-order chi connectivity index (χ0) is 15.1. The fraction of sp³-hybridized carbons (Fsp3) is 0.267. The molecule has 0 unspecified atom stereocenters.